The standard InChI is InChI=1S/C14H8ClF3N2/c15-11-5-9-6-12(8-1-3-19-4-2-8)20-13(9)7-10(11)14(16,17)18/h1-5,7H,6H2. The highest BCUT2D eigenvalue weighted by Crippen LogP contribution is 2.40. The maximum absolute atomic E-state index is 12.8. The van der Waals surface area contributed by atoms with E-state index in [1.807, 2.05) is 0 Å². The average Bonchev–Trinajstić information content (AvgIpc) is 2.80. The molecule has 2 aromatic rings. The van der Waals surface area contributed by atoms with Crippen molar-refractivity contribution in [3.63, 3.8) is 0 Å². The lowest BCUT2D eigenvalue weighted by atomic mass is 10.0. The van der Waals surface area contributed by atoms with Crippen LogP contribution in [0.3, 0.4) is 0 Å². The number of halogens is 4. The monoisotopic (exact) mass is 296 g/mol. The van der Waals surface area contributed by atoms with Crippen LogP contribution in [-0.4, -0.2) is 10.7 Å². The van der Waals surface area contributed by atoms with Crippen molar-refractivity contribution in [1.29, 1.82) is 0 Å². The number of pyridine rings is 1. The van der Waals surface area contributed by atoms with Gasteiger partial charge in [0.25, 0.3) is 0 Å². The molecule has 2 heterocycles. The molecule has 2 nitrogen and oxygen atoms in total. The van der Waals surface area contributed by atoms with Gasteiger partial charge in [-0.3, -0.25) is 9.98 Å². The van der Waals surface area contributed by atoms with Crippen LogP contribution in [0.4, 0.5) is 18.9 Å². The molecule has 0 unspecified atom stereocenters. The van der Waals surface area contributed by atoms with E-state index in [1.165, 1.54) is 6.07 Å². The van der Waals surface area contributed by atoms with Gasteiger partial charge >= 0.3 is 6.18 Å². The fourth-order valence-electron chi connectivity index (χ4n) is 2.14. The molecule has 20 heavy (non-hydrogen) atoms. The van der Waals surface area contributed by atoms with Crippen LogP contribution in [0.15, 0.2) is 41.7 Å². The van der Waals surface area contributed by atoms with Crippen LogP contribution >= 0.6 is 11.6 Å². The Hall–Kier alpha value is -1.88. The molecule has 102 valence electrons. The van der Waals surface area contributed by atoms with Crippen molar-refractivity contribution in [1.82, 2.24) is 4.98 Å². The van der Waals surface area contributed by atoms with Gasteiger partial charge in [-0.05, 0) is 35.4 Å². The molecule has 1 aromatic heterocycles. The lowest BCUT2D eigenvalue weighted by Gasteiger charge is -2.10. The molecule has 0 saturated carbocycles. The minimum Gasteiger partial charge on any atom is -0.265 e. The second kappa shape index (κ2) is 4.59. The Labute approximate surface area is 117 Å². The summed E-state index contributed by atoms with van der Waals surface area (Å²) in [6.45, 7) is 0. The van der Waals surface area contributed by atoms with Gasteiger partial charge in [-0.15, -0.1) is 0 Å². The Balaban J connectivity index is 2.04. The Kier molecular flexibility index (Phi) is 3.01. The van der Waals surface area contributed by atoms with Crippen molar-refractivity contribution in [2.45, 2.75) is 12.6 Å². The summed E-state index contributed by atoms with van der Waals surface area (Å²) in [5, 5.41) is -0.289. The van der Waals surface area contributed by atoms with Crippen LogP contribution < -0.4 is 0 Å². The van der Waals surface area contributed by atoms with Gasteiger partial charge in [-0.1, -0.05) is 11.6 Å². The quantitative estimate of drug-likeness (QED) is 0.764. The molecule has 0 spiro atoms. The highest BCUT2D eigenvalue weighted by molar-refractivity contribution is 6.31. The number of hydrogen-bond acceptors (Lipinski definition) is 2. The second-order valence-corrected chi connectivity index (χ2v) is 4.84. The van der Waals surface area contributed by atoms with Crippen molar-refractivity contribution >= 4 is 23.0 Å². The van der Waals surface area contributed by atoms with Gasteiger partial charge in [-0.2, -0.15) is 13.2 Å². The molecule has 0 amide bonds. The van der Waals surface area contributed by atoms with Crippen LogP contribution in [0.25, 0.3) is 0 Å². The molecule has 0 N–H and O–H groups in total. The summed E-state index contributed by atoms with van der Waals surface area (Å²) in [6.07, 6.45) is -0.762. The Morgan fingerprint density at radius 2 is 1.80 bits per heavy atom. The lowest BCUT2D eigenvalue weighted by Crippen LogP contribution is -2.06. The van der Waals surface area contributed by atoms with E-state index in [1.54, 1.807) is 24.5 Å². The predicted octanol–water partition coefficient (Wildman–Crippen LogP) is 4.43. The topological polar surface area (TPSA) is 25.2 Å². The second-order valence-electron chi connectivity index (χ2n) is 4.43. The lowest BCUT2D eigenvalue weighted by molar-refractivity contribution is -0.137. The molecule has 1 aliphatic heterocycles. The van der Waals surface area contributed by atoms with Gasteiger partial charge in [0.15, 0.2) is 0 Å². The van der Waals surface area contributed by atoms with E-state index in [4.69, 9.17) is 11.6 Å². The molecular weight excluding hydrogens is 289 g/mol. The zero-order chi connectivity index (χ0) is 14.3. The number of rotatable bonds is 1. The average molecular weight is 297 g/mol. The smallest absolute Gasteiger partial charge is 0.265 e. The van der Waals surface area contributed by atoms with Crippen molar-refractivity contribution < 1.29 is 13.2 Å². The molecule has 6 heteroatoms. The minimum atomic E-state index is -4.47. The predicted molar refractivity (Wildman–Crippen MR) is 70.6 cm³/mol. The van der Waals surface area contributed by atoms with Gasteiger partial charge < -0.3 is 0 Å². The summed E-state index contributed by atoms with van der Waals surface area (Å²) in [6, 6.07) is 5.90. The van der Waals surface area contributed by atoms with Gasteiger partial charge in [0.1, 0.15) is 0 Å². The first-order valence-corrected chi connectivity index (χ1v) is 6.20. The Bertz CT molecular complexity index is 694. The van der Waals surface area contributed by atoms with E-state index < -0.39 is 11.7 Å². The third-order valence-electron chi connectivity index (χ3n) is 3.10. The van der Waals surface area contributed by atoms with E-state index >= 15 is 0 Å². The molecule has 0 fully saturated rings. The number of aromatic nitrogens is 1. The van der Waals surface area contributed by atoms with E-state index in [0.29, 0.717) is 17.7 Å². The first-order chi connectivity index (χ1) is 9.45. The fraction of sp³-hybridized carbons (Fsp3) is 0.143. The molecule has 1 aromatic carbocycles. The third-order valence-corrected chi connectivity index (χ3v) is 3.41. The summed E-state index contributed by atoms with van der Waals surface area (Å²) < 4.78 is 38.4. The summed E-state index contributed by atoms with van der Waals surface area (Å²) in [5.41, 5.74) is 1.75. The van der Waals surface area contributed by atoms with Gasteiger partial charge in [0, 0.05) is 18.8 Å². The largest absolute Gasteiger partial charge is 0.417 e. The summed E-state index contributed by atoms with van der Waals surface area (Å²) in [4.78, 5) is 8.17. The summed E-state index contributed by atoms with van der Waals surface area (Å²) >= 11 is 5.71. The molecule has 0 bridgehead atoms. The van der Waals surface area contributed by atoms with Crippen LogP contribution in [0.2, 0.25) is 5.02 Å². The van der Waals surface area contributed by atoms with E-state index in [-0.39, 0.29) is 5.02 Å². The maximum Gasteiger partial charge on any atom is 0.417 e. The first-order valence-electron chi connectivity index (χ1n) is 5.83. The van der Waals surface area contributed by atoms with E-state index in [0.717, 1.165) is 17.3 Å². The summed E-state index contributed by atoms with van der Waals surface area (Å²) in [5.74, 6) is 0. The van der Waals surface area contributed by atoms with E-state index in [2.05, 4.69) is 9.98 Å². The molecule has 0 aliphatic carbocycles. The van der Waals surface area contributed by atoms with Crippen molar-refractivity contribution in [2.75, 3.05) is 0 Å². The van der Waals surface area contributed by atoms with Crippen LogP contribution in [0, 0.1) is 0 Å². The minimum absolute atomic E-state index is 0.289. The summed E-state index contributed by atoms with van der Waals surface area (Å²) in [7, 11) is 0. The van der Waals surface area contributed by atoms with Gasteiger partial charge in [-0.25, -0.2) is 0 Å². The zero-order valence-electron chi connectivity index (χ0n) is 10.1. The number of hydrogen-bond donors (Lipinski definition) is 0. The zero-order valence-corrected chi connectivity index (χ0v) is 10.8. The molecule has 0 saturated heterocycles. The van der Waals surface area contributed by atoms with Crippen molar-refractivity contribution in [3.8, 4) is 0 Å². The number of benzene rings is 1. The van der Waals surface area contributed by atoms with Crippen LogP contribution in [0.5, 0.6) is 0 Å². The molecule has 3 rings (SSSR count). The number of alkyl halides is 3. The van der Waals surface area contributed by atoms with Gasteiger partial charge in [0.05, 0.1) is 22.0 Å². The molecule has 0 atom stereocenters. The van der Waals surface area contributed by atoms with E-state index in [9.17, 15) is 13.2 Å². The molecule has 0 radical (unpaired) electrons. The SMILES string of the molecule is FC(F)(F)c1cc2c(cc1Cl)CC(c1ccncc1)=N2. The number of aliphatic imine (C=N–C) groups is 1. The van der Waals surface area contributed by atoms with Gasteiger partial charge in [0.2, 0.25) is 0 Å². The number of fused-ring (bicyclic) bond motifs is 1. The number of nitrogens with zero attached hydrogens (tertiary/aromatic N) is 2. The Morgan fingerprint density at radius 3 is 2.45 bits per heavy atom. The maximum atomic E-state index is 12.8. The molecular formula is C14H8ClF3N2. The highest BCUT2D eigenvalue weighted by atomic mass is 35.5. The third kappa shape index (κ3) is 2.29. The van der Waals surface area contributed by atoms with Crippen molar-refractivity contribution in [2.24, 2.45) is 4.99 Å². The highest BCUT2D eigenvalue weighted by Gasteiger charge is 2.34. The normalized spacial score (nSPS) is 14.1. The molecule has 1 aliphatic rings. The fourth-order valence-corrected chi connectivity index (χ4v) is 2.44. The van der Waals surface area contributed by atoms with Crippen molar-refractivity contribution in [3.05, 3.63) is 58.4 Å². The first kappa shape index (κ1) is 13.1. The van der Waals surface area contributed by atoms with Crippen LogP contribution in [0.1, 0.15) is 16.7 Å². The van der Waals surface area contributed by atoms with Crippen LogP contribution in [-0.2, 0) is 12.6 Å². The Morgan fingerprint density at radius 1 is 1.10 bits per heavy atom.